The molecule has 4 heteroatoms. The highest BCUT2D eigenvalue weighted by Gasteiger charge is 2.19. The molecule has 0 aliphatic carbocycles. The van der Waals surface area contributed by atoms with Crippen LogP contribution in [-0.4, -0.2) is 48.1 Å². The first kappa shape index (κ1) is 16.8. The van der Waals surface area contributed by atoms with Crippen LogP contribution in [-0.2, 0) is 9.53 Å². The van der Waals surface area contributed by atoms with Gasteiger partial charge in [-0.15, -0.1) is 11.8 Å². The van der Waals surface area contributed by atoms with Crippen LogP contribution in [0.5, 0.6) is 0 Å². The number of hydrogen-bond acceptors (Lipinski definition) is 4. The lowest BCUT2D eigenvalue weighted by Crippen LogP contribution is -2.27. The Labute approximate surface area is 110 Å². The molecule has 0 aromatic rings. The third-order valence-electron chi connectivity index (χ3n) is 2.72. The second kappa shape index (κ2) is 10.9. The van der Waals surface area contributed by atoms with Crippen LogP contribution in [0.25, 0.3) is 0 Å². The molecule has 102 valence electrons. The standard InChI is InChI=1S/C13H27NO2S/c1-5-9-12(13(15)16-8-4)17-11-10-14(6-2)7-3/h12H,5-11H2,1-4H3. The molecule has 0 amide bonds. The zero-order valence-corrected chi connectivity index (χ0v) is 12.5. The Balaban J connectivity index is 3.95. The Morgan fingerprint density at radius 2 is 1.88 bits per heavy atom. The van der Waals surface area contributed by atoms with Gasteiger partial charge in [0.25, 0.3) is 0 Å². The maximum atomic E-state index is 11.7. The van der Waals surface area contributed by atoms with Crippen molar-refractivity contribution < 1.29 is 9.53 Å². The zero-order valence-electron chi connectivity index (χ0n) is 11.7. The number of esters is 1. The second-order valence-electron chi connectivity index (χ2n) is 3.93. The van der Waals surface area contributed by atoms with Crippen LogP contribution >= 0.6 is 11.8 Å². The quantitative estimate of drug-likeness (QED) is 0.566. The number of rotatable bonds is 10. The fourth-order valence-corrected chi connectivity index (χ4v) is 2.89. The molecular weight excluding hydrogens is 234 g/mol. The van der Waals surface area contributed by atoms with E-state index < -0.39 is 0 Å². The highest BCUT2D eigenvalue weighted by Crippen LogP contribution is 2.18. The van der Waals surface area contributed by atoms with E-state index in [4.69, 9.17) is 4.74 Å². The average Bonchev–Trinajstić information content (AvgIpc) is 2.33. The molecular formula is C13H27NO2S. The van der Waals surface area contributed by atoms with E-state index in [1.807, 2.05) is 6.92 Å². The van der Waals surface area contributed by atoms with Gasteiger partial charge in [-0.25, -0.2) is 0 Å². The number of carbonyl (C=O) groups excluding carboxylic acids is 1. The van der Waals surface area contributed by atoms with Gasteiger partial charge in [0.15, 0.2) is 0 Å². The molecule has 0 spiro atoms. The normalized spacial score (nSPS) is 12.8. The molecule has 0 aromatic carbocycles. The van der Waals surface area contributed by atoms with Crippen LogP contribution in [0.4, 0.5) is 0 Å². The van der Waals surface area contributed by atoms with E-state index in [9.17, 15) is 4.79 Å². The van der Waals surface area contributed by atoms with E-state index >= 15 is 0 Å². The van der Waals surface area contributed by atoms with Gasteiger partial charge in [0.2, 0.25) is 0 Å². The minimum absolute atomic E-state index is 0.0236. The number of thioether (sulfide) groups is 1. The van der Waals surface area contributed by atoms with Crippen LogP contribution in [0.3, 0.4) is 0 Å². The van der Waals surface area contributed by atoms with Crippen molar-refractivity contribution in [1.29, 1.82) is 0 Å². The van der Waals surface area contributed by atoms with Crippen molar-refractivity contribution in [2.24, 2.45) is 0 Å². The molecule has 0 bridgehead atoms. The maximum Gasteiger partial charge on any atom is 0.319 e. The van der Waals surface area contributed by atoms with Crippen molar-refractivity contribution >= 4 is 17.7 Å². The van der Waals surface area contributed by atoms with Crippen molar-refractivity contribution in [3.8, 4) is 0 Å². The van der Waals surface area contributed by atoms with E-state index in [1.165, 1.54) is 0 Å². The van der Waals surface area contributed by atoms with Gasteiger partial charge in [0, 0.05) is 12.3 Å². The third-order valence-corrected chi connectivity index (χ3v) is 3.97. The Kier molecular flexibility index (Phi) is 10.8. The molecule has 0 heterocycles. The maximum absolute atomic E-state index is 11.7. The van der Waals surface area contributed by atoms with Crippen molar-refractivity contribution in [2.75, 3.05) is 32.0 Å². The molecule has 17 heavy (non-hydrogen) atoms. The molecule has 3 nitrogen and oxygen atoms in total. The third kappa shape index (κ3) is 7.66. The summed E-state index contributed by atoms with van der Waals surface area (Å²) in [4.78, 5) is 14.1. The van der Waals surface area contributed by atoms with Crippen molar-refractivity contribution in [3.63, 3.8) is 0 Å². The zero-order chi connectivity index (χ0) is 13.1. The first-order valence-electron chi connectivity index (χ1n) is 6.70. The highest BCUT2D eigenvalue weighted by atomic mass is 32.2. The lowest BCUT2D eigenvalue weighted by molar-refractivity contribution is -0.142. The molecule has 0 rings (SSSR count). The summed E-state index contributed by atoms with van der Waals surface area (Å²) in [5, 5.41) is 0.0236. The van der Waals surface area contributed by atoms with E-state index in [0.717, 1.165) is 38.2 Å². The predicted octanol–water partition coefficient (Wildman–Crippen LogP) is 2.79. The van der Waals surface area contributed by atoms with Gasteiger partial charge < -0.3 is 9.64 Å². The molecule has 1 atom stereocenters. The average molecular weight is 261 g/mol. The second-order valence-corrected chi connectivity index (χ2v) is 5.24. The van der Waals surface area contributed by atoms with Crippen LogP contribution in [0.15, 0.2) is 0 Å². The lowest BCUT2D eigenvalue weighted by Gasteiger charge is -2.19. The van der Waals surface area contributed by atoms with E-state index in [1.54, 1.807) is 11.8 Å². The largest absolute Gasteiger partial charge is 0.465 e. The summed E-state index contributed by atoms with van der Waals surface area (Å²) in [5.74, 6) is 0.962. The number of hydrogen-bond donors (Lipinski definition) is 0. The van der Waals surface area contributed by atoms with Crippen molar-refractivity contribution in [3.05, 3.63) is 0 Å². The SMILES string of the molecule is CCCC(SCCN(CC)CC)C(=O)OCC. The van der Waals surface area contributed by atoms with Crippen LogP contribution < -0.4 is 0 Å². The van der Waals surface area contributed by atoms with Crippen molar-refractivity contribution in [1.82, 2.24) is 4.90 Å². The number of carbonyl (C=O) groups is 1. The minimum atomic E-state index is -0.0427. The molecule has 0 N–H and O–H groups in total. The number of ether oxygens (including phenoxy) is 1. The topological polar surface area (TPSA) is 29.5 Å². The first-order valence-corrected chi connectivity index (χ1v) is 7.74. The lowest BCUT2D eigenvalue weighted by atomic mass is 10.2. The Morgan fingerprint density at radius 3 is 2.35 bits per heavy atom. The van der Waals surface area contributed by atoms with Gasteiger partial charge in [-0.05, 0) is 26.4 Å². The molecule has 1 unspecified atom stereocenters. The summed E-state index contributed by atoms with van der Waals surface area (Å²) in [6, 6.07) is 0. The summed E-state index contributed by atoms with van der Waals surface area (Å²) in [7, 11) is 0. The van der Waals surface area contributed by atoms with Gasteiger partial charge in [-0.1, -0.05) is 27.2 Å². The fourth-order valence-electron chi connectivity index (χ4n) is 1.63. The van der Waals surface area contributed by atoms with Gasteiger partial charge in [0.1, 0.15) is 5.25 Å². The summed E-state index contributed by atoms with van der Waals surface area (Å²) < 4.78 is 5.09. The summed E-state index contributed by atoms with van der Waals surface area (Å²) in [6.45, 7) is 12.0. The smallest absolute Gasteiger partial charge is 0.319 e. The summed E-state index contributed by atoms with van der Waals surface area (Å²) in [6.07, 6.45) is 1.95. The van der Waals surface area contributed by atoms with Crippen LogP contribution in [0.1, 0.15) is 40.5 Å². The van der Waals surface area contributed by atoms with Crippen molar-refractivity contribution in [2.45, 2.75) is 45.8 Å². The molecule has 0 aliphatic heterocycles. The molecule has 0 aromatic heterocycles. The first-order chi connectivity index (χ1) is 8.19. The Hall–Kier alpha value is -0.220. The van der Waals surface area contributed by atoms with E-state index in [2.05, 4.69) is 25.7 Å². The Morgan fingerprint density at radius 1 is 1.24 bits per heavy atom. The monoisotopic (exact) mass is 261 g/mol. The summed E-state index contributed by atoms with van der Waals surface area (Å²) in [5.41, 5.74) is 0. The molecule has 0 fully saturated rings. The van der Waals surface area contributed by atoms with Crippen LogP contribution in [0, 0.1) is 0 Å². The minimum Gasteiger partial charge on any atom is -0.465 e. The van der Waals surface area contributed by atoms with Crippen LogP contribution in [0.2, 0.25) is 0 Å². The number of nitrogens with zero attached hydrogens (tertiary/aromatic N) is 1. The van der Waals surface area contributed by atoms with Gasteiger partial charge in [-0.3, -0.25) is 4.79 Å². The molecule has 0 saturated heterocycles. The molecule has 0 aliphatic rings. The Bertz CT molecular complexity index is 196. The van der Waals surface area contributed by atoms with Gasteiger partial charge >= 0.3 is 5.97 Å². The van der Waals surface area contributed by atoms with E-state index in [-0.39, 0.29) is 11.2 Å². The molecule has 0 saturated carbocycles. The fraction of sp³-hybridized carbons (Fsp3) is 0.923. The van der Waals surface area contributed by atoms with Gasteiger partial charge in [0.05, 0.1) is 6.61 Å². The molecule has 0 radical (unpaired) electrons. The van der Waals surface area contributed by atoms with Gasteiger partial charge in [-0.2, -0.15) is 0 Å². The summed E-state index contributed by atoms with van der Waals surface area (Å²) >= 11 is 1.74. The highest BCUT2D eigenvalue weighted by molar-refractivity contribution is 8.00. The van der Waals surface area contributed by atoms with E-state index in [0.29, 0.717) is 6.61 Å². The predicted molar refractivity (Wildman–Crippen MR) is 75.6 cm³/mol.